The van der Waals surface area contributed by atoms with Crippen LogP contribution in [-0.4, -0.2) is 30.1 Å². The average molecular weight is 223 g/mol. The molecule has 0 aromatic heterocycles. The summed E-state index contributed by atoms with van der Waals surface area (Å²) < 4.78 is 0.339. The van der Waals surface area contributed by atoms with Crippen LogP contribution in [0.3, 0.4) is 0 Å². The molecule has 13 heavy (non-hydrogen) atoms. The van der Waals surface area contributed by atoms with E-state index in [2.05, 4.69) is 11.8 Å². The molecule has 1 aliphatic heterocycles. The summed E-state index contributed by atoms with van der Waals surface area (Å²) in [4.78, 5) is 2.30. The minimum absolute atomic E-state index is 0.288. The lowest BCUT2D eigenvalue weighted by Crippen LogP contribution is -2.50. The summed E-state index contributed by atoms with van der Waals surface area (Å²) in [5.41, 5.74) is 5.95. The topological polar surface area (TPSA) is 29.3 Å². The van der Waals surface area contributed by atoms with Crippen molar-refractivity contribution in [2.75, 3.05) is 13.1 Å². The SMILES string of the molecule is CC1C(N)CCCN1CC=C(Cl)Cl. The third-order valence-corrected chi connectivity index (χ3v) is 2.97. The van der Waals surface area contributed by atoms with Crippen LogP contribution in [0, 0.1) is 0 Å². The maximum atomic E-state index is 5.95. The molecule has 1 heterocycles. The molecular weight excluding hydrogens is 207 g/mol. The normalized spacial score (nSPS) is 30.2. The summed E-state index contributed by atoms with van der Waals surface area (Å²) in [6, 6.07) is 0.717. The van der Waals surface area contributed by atoms with Gasteiger partial charge in [-0.1, -0.05) is 23.2 Å². The van der Waals surface area contributed by atoms with Crippen LogP contribution in [0.5, 0.6) is 0 Å². The fraction of sp³-hybridized carbons (Fsp3) is 0.778. The second-order valence-corrected chi connectivity index (χ2v) is 4.54. The van der Waals surface area contributed by atoms with Crippen LogP contribution in [0.15, 0.2) is 10.6 Å². The van der Waals surface area contributed by atoms with E-state index in [-0.39, 0.29) is 6.04 Å². The molecular formula is C9H16Cl2N2. The van der Waals surface area contributed by atoms with E-state index in [9.17, 15) is 0 Å². The van der Waals surface area contributed by atoms with Crippen molar-refractivity contribution >= 4 is 23.2 Å². The minimum atomic E-state index is 0.288. The summed E-state index contributed by atoms with van der Waals surface area (Å²) in [5, 5.41) is 0. The van der Waals surface area contributed by atoms with Crippen molar-refractivity contribution in [3.63, 3.8) is 0 Å². The van der Waals surface area contributed by atoms with Gasteiger partial charge in [-0.2, -0.15) is 0 Å². The summed E-state index contributed by atoms with van der Waals surface area (Å²) in [6.07, 6.45) is 4.10. The third kappa shape index (κ3) is 3.47. The molecule has 0 amide bonds. The second kappa shape index (κ2) is 5.20. The van der Waals surface area contributed by atoms with E-state index in [1.807, 2.05) is 6.08 Å². The van der Waals surface area contributed by atoms with E-state index in [4.69, 9.17) is 28.9 Å². The molecule has 0 aliphatic carbocycles. The number of likely N-dealkylation sites (tertiary alicyclic amines) is 1. The highest BCUT2D eigenvalue weighted by molar-refractivity contribution is 6.55. The Morgan fingerprint density at radius 1 is 1.62 bits per heavy atom. The fourth-order valence-electron chi connectivity index (χ4n) is 1.69. The zero-order chi connectivity index (χ0) is 9.84. The lowest BCUT2D eigenvalue weighted by Gasteiger charge is -2.36. The maximum absolute atomic E-state index is 5.95. The van der Waals surface area contributed by atoms with E-state index in [1.165, 1.54) is 6.42 Å². The molecule has 1 rings (SSSR count). The van der Waals surface area contributed by atoms with Crippen LogP contribution >= 0.6 is 23.2 Å². The number of piperidine rings is 1. The van der Waals surface area contributed by atoms with Gasteiger partial charge in [0.2, 0.25) is 0 Å². The monoisotopic (exact) mass is 222 g/mol. The molecule has 0 bridgehead atoms. The van der Waals surface area contributed by atoms with Crippen LogP contribution in [0.2, 0.25) is 0 Å². The van der Waals surface area contributed by atoms with Crippen molar-refractivity contribution < 1.29 is 0 Å². The van der Waals surface area contributed by atoms with Gasteiger partial charge in [0.25, 0.3) is 0 Å². The van der Waals surface area contributed by atoms with Gasteiger partial charge >= 0.3 is 0 Å². The molecule has 1 aliphatic rings. The summed E-state index contributed by atoms with van der Waals surface area (Å²) in [6.45, 7) is 4.05. The first-order chi connectivity index (χ1) is 6.11. The lowest BCUT2D eigenvalue weighted by molar-refractivity contribution is 0.156. The number of nitrogens with zero attached hydrogens (tertiary/aromatic N) is 1. The van der Waals surface area contributed by atoms with E-state index in [0.29, 0.717) is 10.5 Å². The quantitative estimate of drug-likeness (QED) is 0.776. The van der Waals surface area contributed by atoms with Gasteiger partial charge < -0.3 is 5.73 Å². The Morgan fingerprint density at radius 3 is 2.92 bits per heavy atom. The molecule has 1 saturated heterocycles. The maximum Gasteiger partial charge on any atom is 0.104 e. The van der Waals surface area contributed by atoms with Crippen LogP contribution in [0.1, 0.15) is 19.8 Å². The smallest absolute Gasteiger partial charge is 0.104 e. The molecule has 4 heteroatoms. The number of rotatable bonds is 2. The molecule has 0 aromatic carbocycles. The van der Waals surface area contributed by atoms with E-state index in [1.54, 1.807) is 0 Å². The van der Waals surface area contributed by atoms with Crippen molar-refractivity contribution in [1.82, 2.24) is 4.90 Å². The van der Waals surface area contributed by atoms with Crippen molar-refractivity contribution in [1.29, 1.82) is 0 Å². The Kier molecular flexibility index (Phi) is 4.53. The zero-order valence-corrected chi connectivity index (χ0v) is 9.35. The van der Waals surface area contributed by atoms with Crippen molar-refractivity contribution in [3.05, 3.63) is 10.6 Å². The second-order valence-electron chi connectivity index (χ2n) is 3.54. The number of hydrogen-bond donors (Lipinski definition) is 1. The summed E-state index contributed by atoms with van der Waals surface area (Å²) in [5.74, 6) is 0. The van der Waals surface area contributed by atoms with Crippen molar-refractivity contribution in [2.24, 2.45) is 5.73 Å². The minimum Gasteiger partial charge on any atom is -0.326 e. The zero-order valence-electron chi connectivity index (χ0n) is 7.84. The number of halogens is 2. The van der Waals surface area contributed by atoms with Crippen molar-refractivity contribution in [3.8, 4) is 0 Å². The van der Waals surface area contributed by atoms with Crippen LogP contribution in [-0.2, 0) is 0 Å². The van der Waals surface area contributed by atoms with E-state index < -0.39 is 0 Å². The molecule has 76 valence electrons. The van der Waals surface area contributed by atoms with Gasteiger partial charge in [0.05, 0.1) is 0 Å². The molecule has 2 N–H and O–H groups in total. The van der Waals surface area contributed by atoms with E-state index in [0.717, 1.165) is 19.5 Å². The first kappa shape index (κ1) is 11.3. The van der Waals surface area contributed by atoms with Gasteiger partial charge in [-0.15, -0.1) is 0 Å². The molecule has 0 spiro atoms. The lowest BCUT2D eigenvalue weighted by atomic mass is 9.98. The van der Waals surface area contributed by atoms with Gasteiger partial charge in [-0.25, -0.2) is 0 Å². The van der Waals surface area contributed by atoms with Crippen LogP contribution < -0.4 is 5.73 Å². The Balaban J connectivity index is 2.44. The van der Waals surface area contributed by atoms with Crippen molar-refractivity contribution in [2.45, 2.75) is 31.8 Å². The Morgan fingerprint density at radius 2 is 2.31 bits per heavy atom. The van der Waals surface area contributed by atoms with Gasteiger partial charge in [0, 0.05) is 18.6 Å². The average Bonchev–Trinajstić information content (AvgIpc) is 2.07. The first-order valence-corrected chi connectivity index (χ1v) is 5.37. The molecule has 2 unspecified atom stereocenters. The summed E-state index contributed by atoms with van der Waals surface area (Å²) in [7, 11) is 0. The number of nitrogens with two attached hydrogens (primary N) is 1. The standard InChI is InChI=1S/C9H16Cl2N2/c1-7-8(12)3-2-5-13(7)6-4-9(10)11/h4,7-8H,2-3,5-6,12H2,1H3. The highest BCUT2D eigenvalue weighted by Gasteiger charge is 2.23. The largest absolute Gasteiger partial charge is 0.326 e. The van der Waals surface area contributed by atoms with Gasteiger partial charge in [0.15, 0.2) is 0 Å². The molecule has 0 saturated carbocycles. The third-order valence-electron chi connectivity index (χ3n) is 2.66. The van der Waals surface area contributed by atoms with Crippen LogP contribution in [0.25, 0.3) is 0 Å². The first-order valence-electron chi connectivity index (χ1n) is 4.62. The van der Waals surface area contributed by atoms with Crippen LogP contribution in [0.4, 0.5) is 0 Å². The molecule has 0 radical (unpaired) electrons. The van der Waals surface area contributed by atoms with Gasteiger partial charge in [-0.05, 0) is 32.4 Å². The predicted molar refractivity (Wildman–Crippen MR) is 58.0 cm³/mol. The van der Waals surface area contributed by atoms with Gasteiger partial charge in [-0.3, -0.25) is 4.90 Å². The highest BCUT2D eigenvalue weighted by atomic mass is 35.5. The Bertz CT molecular complexity index is 190. The summed E-state index contributed by atoms with van der Waals surface area (Å²) >= 11 is 11.1. The predicted octanol–water partition coefficient (Wildman–Crippen LogP) is 2.12. The number of hydrogen-bond acceptors (Lipinski definition) is 2. The highest BCUT2D eigenvalue weighted by Crippen LogP contribution is 2.16. The Hall–Kier alpha value is 0.240. The Labute approximate surface area is 89.7 Å². The molecule has 2 atom stereocenters. The fourth-order valence-corrected chi connectivity index (χ4v) is 1.83. The molecule has 1 fully saturated rings. The van der Waals surface area contributed by atoms with E-state index >= 15 is 0 Å². The molecule has 2 nitrogen and oxygen atoms in total. The van der Waals surface area contributed by atoms with Gasteiger partial charge in [0.1, 0.15) is 4.49 Å². The molecule has 0 aromatic rings.